The minimum atomic E-state index is -0.956. The molecule has 3 aromatic rings. The summed E-state index contributed by atoms with van der Waals surface area (Å²) in [6, 6.07) is 14.5. The van der Waals surface area contributed by atoms with Gasteiger partial charge in [0.15, 0.2) is 11.8 Å². The summed E-state index contributed by atoms with van der Waals surface area (Å²) in [6.45, 7) is 0. The summed E-state index contributed by atoms with van der Waals surface area (Å²) in [6.07, 6.45) is 2.34. The maximum absolute atomic E-state index is 10.8. The molecule has 9 heteroatoms. The van der Waals surface area contributed by atoms with Crippen molar-refractivity contribution >= 4 is 11.6 Å². The summed E-state index contributed by atoms with van der Waals surface area (Å²) in [7, 11) is 1.57. The van der Waals surface area contributed by atoms with E-state index in [0.717, 1.165) is 11.1 Å². The molecule has 1 aromatic heterocycles. The van der Waals surface area contributed by atoms with Crippen LogP contribution in [0.4, 0.5) is 0 Å². The number of imidazole rings is 1. The van der Waals surface area contributed by atoms with Crippen molar-refractivity contribution in [3.8, 4) is 11.8 Å². The van der Waals surface area contributed by atoms with E-state index in [1.54, 1.807) is 19.4 Å². The van der Waals surface area contributed by atoms with Gasteiger partial charge in [-0.15, -0.1) is 10.1 Å². The number of methoxy groups -OCH3 is 1. The lowest BCUT2D eigenvalue weighted by Gasteiger charge is -2.17. The Bertz CT molecular complexity index is 1010. The number of aromatic nitrogens is 2. The number of hydrogen-bond acceptors (Lipinski definition) is 6. The Morgan fingerprint density at radius 3 is 2.85 bits per heavy atom. The van der Waals surface area contributed by atoms with Gasteiger partial charge in [0.1, 0.15) is 5.75 Å². The standard InChI is InChI=1S/C18H14ClN3O5/c1-25-13-6-4-5-12(11-13)18(14-7-2-3-8-15(14)19)16(26-18)21-10-9-20-17(21)27-22(23)24/h2-11,16H,1H3. The van der Waals surface area contributed by atoms with Gasteiger partial charge in [0.05, 0.1) is 7.11 Å². The van der Waals surface area contributed by atoms with Crippen molar-refractivity contribution in [2.75, 3.05) is 7.11 Å². The summed E-state index contributed by atoms with van der Waals surface area (Å²) in [5.41, 5.74) is 0.564. The minimum Gasteiger partial charge on any atom is -0.497 e. The Labute approximate surface area is 159 Å². The summed E-state index contributed by atoms with van der Waals surface area (Å²) in [5.74, 6) is 0.653. The highest BCUT2D eigenvalue weighted by Gasteiger charge is 2.62. The van der Waals surface area contributed by atoms with Gasteiger partial charge < -0.3 is 9.47 Å². The predicted molar refractivity (Wildman–Crippen MR) is 95.2 cm³/mol. The molecule has 0 saturated carbocycles. The average Bonchev–Trinajstić information content (AvgIpc) is 3.25. The summed E-state index contributed by atoms with van der Waals surface area (Å²) in [4.78, 5) is 19.2. The van der Waals surface area contributed by atoms with Crippen LogP contribution in [0.3, 0.4) is 0 Å². The van der Waals surface area contributed by atoms with E-state index in [1.165, 1.54) is 10.8 Å². The van der Waals surface area contributed by atoms with Gasteiger partial charge in [0.25, 0.3) is 6.01 Å². The molecule has 1 saturated heterocycles. The first kappa shape index (κ1) is 17.3. The molecule has 0 radical (unpaired) electrons. The van der Waals surface area contributed by atoms with Gasteiger partial charge in [0.2, 0.25) is 0 Å². The molecule has 0 N–H and O–H groups in total. The van der Waals surface area contributed by atoms with Crippen LogP contribution in [0.2, 0.25) is 5.02 Å². The van der Waals surface area contributed by atoms with Gasteiger partial charge in [0, 0.05) is 23.0 Å². The Morgan fingerprint density at radius 2 is 2.11 bits per heavy atom. The first-order valence-corrected chi connectivity index (χ1v) is 8.36. The van der Waals surface area contributed by atoms with Crippen molar-refractivity contribution in [2.45, 2.75) is 11.8 Å². The number of rotatable bonds is 6. The minimum absolute atomic E-state index is 0.179. The highest BCUT2D eigenvalue weighted by atomic mass is 35.5. The second-order valence-electron chi connectivity index (χ2n) is 5.85. The maximum atomic E-state index is 10.8. The van der Waals surface area contributed by atoms with Crippen molar-refractivity contribution < 1.29 is 19.4 Å². The van der Waals surface area contributed by atoms with Gasteiger partial charge >= 0.3 is 5.09 Å². The summed E-state index contributed by atoms with van der Waals surface area (Å²) in [5, 5.41) is 10.4. The molecule has 2 aromatic carbocycles. The van der Waals surface area contributed by atoms with E-state index in [0.29, 0.717) is 10.8 Å². The maximum Gasteiger partial charge on any atom is 0.302 e. The molecule has 4 rings (SSSR count). The number of hydrogen-bond donors (Lipinski definition) is 0. The Morgan fingerprint density at radius 1 is 1.30 bits per heavy atom. The smallest absolute Gasteiger partial charge is 0.302 e. The van der Waals surface area contributed by atoms with E-state index in [-0.39, 0.29) is 6.01 Å². The third-order valence-corrected chi connectivity index (χ3v) is 4.73. The second kappa shape index (κ2) is 6.57. The van der Waals surface area contributed by atoms with Crippen LogP contribution in [0.25, 0.3) is 0 Å². The third kappa shape index (κ3) is 2.88. The lowest BCUT2D eigenvalue weighted by Crippen LogP contribution is -2.17. The molecular formula is C18H14ClN3O5. The quantitative estimate of drug-likeness (QED) is 0.364. The lowest BCUT2D eigenvalue weighted by molar-refractivity contribution is -0.713. The van der Waals surface area contributed by atoms with Gasteiger partial charge in [-0.3, -0.25) is 4.57 Å². The summed E-state index contributed by atoms with van der Waals surface area (Å²) < 4.78 is 12.9. The van der Waals surface area contributed by atoms with Crippen LogP contribution in [-0.4, -0.2) is 21.7 Å². The summed E-state index contributed by atoms with van der Waals surface area (Å²) >= 11 is 6.45. The van der Waals surface area contributed by atoms with Crippen molar-refractivity contribution in [1.29, 1.82) is 0 Å². The van der Waals surface area contributed by atoms with Crippen LogP contribution in [0.5, 0.6) is 11.8 Å². The van der Waals surface area contributed by atoms with E-state index in [2.05, 4.69) is 9.82 Å². The molecule has 0 bridgehead atoms. The van der Waals surface area contributed by atoms with Gasteiger partial charge in [-0.05, 0) is 23.8 Å². The van der Waals surface area contributed by atoms with E-state index in [1.807, 2.05) is 42.5 Å². The molecular weight excluding hydrogens is 374 g/mol. The van der Waals surface area contributed by atoms with Crippen LogP contribution in [0, 0.1) is 10.1 Å². The fraction of sp³-hybridized carbons (Fsp3) is 0.167. The zero-order chi connectivity index (χ0) is 19.0. The van der Waals surface area contributed by atoms with Crippen molar-refractivity contribution in [1.82, 2.24) is 9.55 Å². The predicted octanol–water partition coefficient (Wildman–Crippen LogP) is 3.59. The molecule has 0 amide bonds. The molecule has 1 aliphatic rings. The zero-order valence-corrected chi connectivity index (χ0v) is 14.9. The normalized spacial score (nSPS) is 20.9. The fourth-order valence-electron chi connectivity index (χ4n) is 3.19. The first-order valence-electron chi connectivity index (χ1n) is 7.99. The highest BCUT2D eigenvalue weighted by Crippen LogP contribution is 2.61. The molecule has 0 spiro atoms. The van der Waals surface area contributed by atoms with Crippen LogP contribution in [-0.2, 0) is 10.3 Å². The molecule has 2 unspecified atom stereocenters. The SMILES string of the molecule is COc1cccc(C2(c3ccccc3Cl)OC2n2ccnc2O[N+](=O)[O-])c1. The Balaban J connectivity index is 1.84. The molecule has 2 heterocycles. The highest BCUT2D eigenvalue weighted by molar-refractivity contribution is 6.31. The monoisotopic (exact) mass is 387 g/mol. The number of nitrogens with zero attached hydrogens (tertiary/aromatic N) is 3. The molecule has 8 nitrogen and oxygen atoms in total. The molecule has 1 aliphatic heterocycles. The number of epoxide rings is 1. The zero-order valence-electron chi connectivity index (χ0n) is 14.1. The van der Waals surface area contributed by atoms with Crippen LogP contribution >= 0.6 is 11.6 Å². The van der Waals surface area contributed by atoms with Gasteiger partial charge in [-0.25, -0.2) is 9.82 Å². The molecule has 27 heavy (non-hydrogen) atoms. The van der Waals surface area contributed by atoms with E-state index >= 15 is 0 Å². The Hall–Kier alpha value is -3.10. The molecule has 0 aliphatic carbocycles. The van der Waals surface area contributed by atoms with Crippen molar-refractivity contribution in [3.63, 3.8) is 0 Å². The van der Waals surface area contributed by atoms with E-state index in [4.69, 9.17) is 21.1 Å². The fourth-order valence-corrected chi connectivity index (χ4v) is 3.47. The first-order chi connectivity index (χ1) is 13.1. The molecule has 2 atom stereocenters. The number of halogens is 1. The largest absolute Gasteiger partial charge is 0.497 e. The molecule has 1 fully saturated rings. The van der Waals surface area contributed by atoms with Crippen LogP contribution in [0.1, 0.15) is 17.4 Å². The second-order valence-corrected chi connectivity index (χ2v) is 6.26. The topological polar surface area (TPSA) is 92.0 Å². The van der Waals surface area contributed by atoms with Crippen molar-refractivity contribution in [2.24, 2.45) is 0 Å². The average molecular weight is 388 g/mol. The number of ether oxygens (including phenoxy) is 2. The van der Waals surface area contributed by atoms with Gasteiger partial charge in [-0.2, -0.15) is 0 Å². The van der Waals surface area contributed by atoms with E-state index in [9.17, 15) is 10.1 Å². The van der Waals surface area contributed by atoms with Crippen LogP contribution in [0.15, 0.2) is 60.9 Å². The van der Waals surface area contributed by atoms with Crippen LogP contribution < -0.4 is 9.57 Å². The van der Waals surface area contributed by atoms with Crippen molar-refractivity contribution in [3.05, 3.63) is 87.2 Å². The Kier molecular flexibility index (Phi) is 4.21. The van der Waals surface area contributed by atoms with E-state index < -0.39 is 16.9 Å². The number of benzene rings is 2. The molecule has 138 valence electrons. The lowest BCUT2D eigenvalue weighted by atomic mass is 9.90. The van der Waals surface area contributed by atoms with Gasteiger partial charge in [-0.1, -0.05) is 41.9 Å². The third-order valence-electron chi connectivity index (χ3n) is 4.40.